The van der Waals surface area contributed by atoms with E-state index in [0.717, 1.165) is 17.0 Å². The second kappa shape index (κ2) is 5.57. The summed E-state index contributed by atoms with van der Waals surface area (Å²) in [5.41, 5.74) is 2.55. The van der Waals surface area contributed by atoms with Gasteiger partial charge in [-0.15, -0.1) is 0 Å². The van der Waals surface area contributed by atoms with Gasteiger partial charge in [-0.3, -0.25) is 4.79 Å². The van der Waals surface area contributed by atoms with Crippen molar-refractivity contribution in [1.29, 1.82) is 0 Å². The summed E-state index contributed by atoms with van der Waals surface area (Å²) >= 11 is 0. The van der Waals surface area contributed by atoms with Gasteiger partial charge in [0.25, 0.3) is 5.91 Å². The molecule has 20 heavy (non-hydrogen) atoms. The summed E-state index contributed by atoms with van der Waals surface area (Å²) in [6, 6.07) is 19.1. The van der Waals surface area contributed by atoms with Crippen LogP contribution in [0.5, 0.6) is 0 Å². The zero-order chi connectivity index (χ0) is 13.8. The number of carbonyl (C=O) groups is 1. The van der Waals surface area contributed by atoms with Crippen LogP contribution in [0.3, 0.4) is 0 Å². The van der Waals surface area contributed by atoms with Crippen molar-refractivity contribution in [2.24, 2.45) is 5.16 Å². The van der Waals surface area contributed by atoms with Crippen molar-refractivity contribution in [3.63, 3.8) is 0 Å². The smallest absolute Gasteiger partial charge is 0.268 e. The molecular formula is C16H14N2O2. The standard InChI is InChI=1S/C16H14N2O2/c19-16(17-13-9-5-2-6-10-13)15-11-14(18-20-15)12-7-3-1-4-8-12/h1-10,15H,11H2,(H,17,19). The number of anilines is 1. The van der Waals surface area contributed by atoms with E-state index >= 15 is 0 Å². The van der Waals surface area contributed by atoms with E-state index in [1.807, 2.05) is 60.7 Å². The molecule has 0 aromatic heterocycles. The molecule has 2 aromatic carbocycles. The third-order valence-corrected chi connectivity index (χ3v) is 3.11. The van der Waals surface area contributed by atoms with Crippen molar-refractivity contribution in [2.75, 3.05) is 5.32 Å². The van der Waals surface area contributed by atoms with Gasteiger partial charge in [-0.25, -0.2) is 0 Å². The molecule has 1 amide bonds. The zero-order valence-electron chi connectivity index (χ0n) is 10.8. The summed E-state index contributed by atoms with van der Waals surface area (Å²) in [7, 11) is 0. The molecular weight excluding hydrogens is 252 g/mol. The van der Waals surface area contributed by atoms with Crippen molar-refractivity contribution in [3.8, 4) is 0 Å². The van der Waals surface area contributed by atoms with Crippen LogP contribution in [0.15, 0.2) is 65.8 Å². The maximum atomic E-state index is 12.1. The minimum Gasteiger partial charge on any atom is -0.382 e. The molecule has 4 heteroatoms. The third-order valence-electron chi connectivity index (χ3n) is 3.11. The van der Waals surface area contributed by atoms with E-state index in [1.165, 1.54) is 0 Å². The maximum absolute atomic E-state index is 12.1. The predicted molar refractivity (Wildman–Crippen MR) is 77.5 cm³/mol. The first kappa shape index (κ1) is 12.4. The van der Waals surface area contributed by atoms with E-state index < -0.39 is 6.10 Å². The molecule has 2 aromatic rings. The van der Waals surface area contributed by atoms with Crippen molar-refractivity contribution < 1.29 is 9.63 Å². The van der Waals surface area contributed by atoms with Crippen molar-refractivity contribution >= 4 is 17.3 Å². The zero-order valence-corrected chi connectivity index (χ0v) is 10.8. The molecule has 1 heterocycles. The van der Waals surface area contributed by atoms with Crippen molar-refractivity contribution in [1.82, 2.24) is 0 Å². The van der Waals surface area contributed by atoms with Gasteiger partial charge in [-0.2, -0.15) is 0 Å². The number of carbonyl (C=O) groups excluding carboxylic acids is 1. The normalized spacial score (nSPS) is 17.2. The SMILES string of the molecule is O=C(Nc1ccccc1)C1CC(c2ccccc2)=NO1. The maximum Gasteiger partial charge on any atom is 0.268 e. The number of rotatable bonds is 3. The molecule has 3 rings (SSSR count). The minimum atomic E-state index is -0.564. The fourth-order valence-corrected chi connectivity index (χ4v) is 2.06. The highest BCUT2D eigenvalue weighted by Crippen LogP contribution is 2.18. The van der Waals surface area contributed by atoms with Gasteiger partial charge >= 0.3 is 0 Å². The van der Waals surface area contributed by atoms with Crippen LogP contribution in [0.25, 0.3) is 0 Å². The molecule has 0 aliphatic carbocycles. The second-order valence-corrected chi connectivity index (χ2v) is 4.56. The van der Waals surface area contributed by atoms with Gasteiger partial charge in [0.2, 0.25) is 6.10 Å². The van der Waals surface area contributed by atoms with Gasteiger partial charge in [0.1, 0.15) is 0 Å². The lowest BCUT2D eigenvalue weighted by atomic mass is 10.0. The van der Waals surface area contributed by atoms with E-state index in [2.05, 4.69) is 10.5 Å². The number of nitrogens with one attached hydrogen (secondary N) is 1. The van der Waals surface area contributed by atoms with Gasteiger partial charge in [0.05, 0.1) is 5.71 Å². The molecule has 0 saturated carbocycles. The first-order chi connectivity index (χ1) is 9.83. The average Bonchev–Trinajstić information content (AvgIpc) is 2.99. The van der Waals surface area contributed by atoms with E-state index in [-0.39, 0.29) is 5.91 Å². The fourth-order valence-electron chi connectivity index (χ4n) is 2.06. The highest BCUT2D eigenvalue weighted by molar-refractivity contribution is 6.06. The quantitative estimate of drug-likeness (QED) is 0.928. The first-order valence-electron chi connectivity index (χ1n) is 6.47. The number of oxime groups is 1. The highest BCUT2D eigenvalue weighted by atomic mass is 16.6. The van der Waals surface area contributed by atoms with Crippen molar-refractivity contribution in [3.05, 3.63) is 66.2 Å². The summed E-state index contributed by atoms with van der Waals surface area (Å²) in [4.78, 5) is 17.3. The molecule has 4 nitrogen and oxygen atoms in total. The van der Waals surface area contributed by atoms with Crippen molar-refractivity contribution in [2.45, 2.75) is 12.5 Å². The van der Waals surface area contributed by atoms with Gasteiger partial charge in [-0.1, -0.05) is 53.7 Å². The van der Waals surface area contributed by atoms with E-state index in [4.69, 9.17) is 4.84 Å². The largest absolute Gasteiger partial charge is 0.382 e. The Morgan fingerprint density at radius 2 is 1.70 bits per heavy atom. The van der Waals surface area contributed by atoms with Crippen LogP contribution in [0.1, 0.15) is 12.0 Å². The lowest BCUT2D eigenvalue weighted by Crippen LogP contribution is -2.27. The number of para-hydroxylation sites is 1. The second-order valence-electron chi connectivity index (χ2n) is 4.56. The summed E-state index contributed by atoms with van der Waals surface area (Å²) in [5.74, 6) is -0.175. The molecule has 0 radical (unpaired) electrons. The molecule has 0 spiro atoms. The third kappa shape index (κ3) is 2.69. The summed E-state index contributed by atoms with van der Waals surface area (Å²) in [6.07, 6.45) is -0.0757. The highest BCUT2D eigenvalue weighted by Gasteiger charge is 2.28. The molecule has 0 saturated heterocycles. The van der Waals surface area contributed by atoms with Crippen LogP contribution in [0.4, 0.5) is 5.69 Å². The summed E-state index contributed by atoms with van der Waals surface area (Å²) in [5, 5.41) is 6.82. The topological polar surface area (TPSA) is 50.7 Å². The van der Waals surface area contributed by atoms with Crippen LogP contribution >= 0.6 is 0 Å². The van der Waals surface area contributed by atoms with Crippen LogP contribution in [0, 0.1) is 0 Å². The number of hydrogen-bond donors (Lipinski definition) is 1. The van der Waals surface area contributed by atoms with E-state index in [9.17, 15) is 4.79 Å². The number of amides is 1. The number of benzene rings is 2. The van der Waals surface area contributed by atoms with Crippen LogP contribution in [-0.2, 0) is 9.63 Å². The summed E-state index contributed by atoms with van der Waals surface area (Å²) < 4.78 is 0. The molecule has 1 unspecified atom stereocenters. The molecule has 1 aliphatic rings. The first-order valence-corrected chi connectivity index (χ1v) is 6.47. The lowest BCUT2D eigenvalue weighted by Gasteiger charge is -2.09. The Kier molecular flexibility index (Phi) is 3.46. The molecule has 1 aliphatic heterocycles. The Morgan fingerprint density at radius 3 is 2.40 bits per heavy atom. The fraction of sp³-hybridized carbons (Fsp3) is 0.125. The van der Waals surface area contributed by atoms with Gasteiger partial charge in [0.15, 0.2) is 0 Å². The van der Waals surface area contributed by atoms with Gasteiger partial charge in [-0.05, 0) is 17.7 Å². The van der Waals surface area contributed by atoms with Gasteiger partial charge < -0.3 is 10.2 Å². The number of nitrogens with zero attached hydrogens (tertiary/aromatic N) is 1. The predicted octanol–water partition coefficient (Wildman–Crippen LogP) is 2.82. The van der Waals surface area contributed by atoms with Gasteiger partial charge in [0, 0.05) is 12.1 Å². The Morgan fingerprint density at radius 1 is 1.05 bits per heavy atom. The molecule has 0 fully saturated rings. The minimum absolute atomic E-state index is 0.175. The Hall–Kier alpha value is -2.62. The summed E-state index contributed by atoms with van der Waals surface area (Å²) in [6.45, 7) is 0. The van der Waals surface area contributed by atoms with E-state index in [0.29, 0.717) is 6.42 Å². The van der Waals surface area contributed by atoms with Crippen LogP contribution in [-0.4, -0.2) is 17.7 Å². The Balaban J connectivity index is 1.63. The van der Waals surface area contributed by atoms with Crippen LogP contribution in [0.2, 0.25) is 0 Å². The molecule has 100 valence electrons. The van der Waals surface area contributed by atoms with Crippen LogP contribution < -0.4 is 5.32 Å². The monoisotopic (exact) mass is 266 g/mol. The molecule has 0 bridgehead atoms. The Bertz CT molecular complexity index is 623. The lowest BCUT2D eigenvalue weighted by molar-refractivity contribution is -0.125. The molecule has 1 atom stereocenters. The van der Waals surface area contributed by atoms with E-state index in [1.54, 1.807) is 0 Å². The Labute approximate surface area is 117 Å². The number of hydrogen-bond acceptors (Lipinski definition) is 3. The average molecular weight is 266 g/mol. The molecule has 1 N–H and O–H groups in total.